The number of aromatic nitrogens is 1. The third-order valence-electron chi connectivity index (χ3n) is 2.14. The lowest BCUT2D eigenvalue weighted by Gasteiger charge is -2.18. The maximum absolute atomic E-state index is 8.17. The second-order valence-electron chi connectivity index (χ2n) is 3.14. The summed E-state index contributed by atoms with van der Waals surface area (Å²) in [6.07, 6.45) is 1.79. The van der Waals surface area contributed by atoms with Crippen LogP contribution >= 0.6 is 0 Å². The molecule has 1 aromatic rings. The van der Waals surface area contributed by atoms with Crippen molar-refractivity contribution in [3.05, 3.63) is 40.5 Å². The number of hydrogen-bond acceptors (Lipinski definition) is 3. The second kappa shape index (κ2) is 6.81. The molecule has 0 aliphatic heterocycles. The summed E-state index contributed by atoms with van der Waals surface area (Å²) in [6.45, 7) is 5.10. The molecular weight excluding hydrogens is 190 g/mol. The first kappa shape index (κ1) is 11.5. The van der Waals surface area contributed by atoms with Crippen LogP contribution < -0.4 is 0 Å². The molecular formula is C10H15N5. The van der Waals surface area contributed by atoms with E-state index < -0.39 is 0 Å². The molecule has 1 rings (SSSR count). The van der Waals surface area contributed by atoms with Gasteiger partial charge in [0.15, 0.2) is 0 Å². The SMILES string of the molecule is CCN(CCN=[N+]=[N-])Cc1ccccn1. The third kappa shape index (κ3) is 4.44. The molecule has 0 fully saturated rings. The molecule has 0 aromatic carbocycles. The highest BCUT2D eigenvalue weighted by Gasteiger charge is 2.02. The Bertz CT molecular complexity index is 318. The Kier molecular flexibility index (Phi) is 5.22. The fraction of sp³-hybridized carbons (Fsp3) is 0.500. The Morgan fingerprint density at radius 3 is 3.00 bits per heavy atom. The Morgan fingerprint density at radius 1 is 1.53 bits per heavy atom. The average Bonchev–Trinajstić information content (AvgIpc) is 2.29. The van der Waals surface area contributed by atoms with Crippen LogP contribution in [0.3, 0.4) is 0 Å². The first-order chi connectivity index (χ1) is 7.36. The molecule has 0 atom stereocenters. The van der Waals surface area contributed by atoms with Gasteiger partial charge in [-0.1, -0.05) is 18.1 Å². The summed E-state index contributed by atoms with van der Waals surface area (Å²) in [7, 11) is 0. The molecule has 0 spiro atoms. The van der Waals surface area contributed by atoms with E-state index in [2.05, 4.69) is 26.8 Å². The van der Waals surface area contributed by atoms with Gasteiger partial charge in [-0.05, 0) is 24.2 Å². The van der Waals surface area contributed by atoms with Crippen molar-refractivity contribution >= 4 is 0 Å². The highest BCUT2D eigenvalue weighted by atomic mass is 15.2. The predicted octanol–water partition coefficient (Wildman–Crippen LogP) is 2.21. The van der Waals surface area contributed by atoms with E-state index in [4.69, 9.17) is 5.53 Å². The zero-order valence-electron chi connectivity index (χ0n) is 8.87. The smallest absolute Gasteiger partial charge is 0.0543 e. The summed E-state index contributed by atoms with van der Waals surface area (Å²) in [5.41, 5.74) is 9.21. The van der Waals surface area contributed by atoms with Crippen LogP contribution in [0.1, 0.15) is 12.6 Å². The summed E-state index contributed by atoms with van der Waals surface area (Å²) in [4.78, 5) is 9.17. The molecule has 1 aromatic heterocycles. The van der Waals surface area contributed by atoms with Crippen LogP contribution in [0.25, 0.3) is 10.4 Å². The molecule has 0 bridgehead atoms. The van der Waals surface area contributed by atoms with Crippen LogP contribution in [-0.2, 0) is 6.54 Å². The van der Waals surface area contributed by atoms with Gasteiger partial charge in [-0.25, -0.2) is 0 Å². The van der Waals surface area contributed by atoms with E-state index in [-0.39, 0.29) is 0 Å². The first-order valence-electron chi connectivity index (χ1n) is 5.00. The normalized spacial score (nSPS) is 10.0. The van der Waals surface area contributed by atoms with Crippen molar-refractivity contribution in [3.8, 4) is 0 Å². The number of likely N-dealkylation sites (N-methyl/N-ethyl adjacent to an activating group) is 1. The summed E-state index contributed by atoms with van der Waals surface area (Å²) >= 11 is 0. The molecule has 5 heteroatoms. The predicted molar refractivity (Wildman–Crippen MR) is 59.2 cm³/mol. The van der Waals surface area contributed by atoms with Gasteiger partial charge >= 0.3 is 0 Å². The summed E-state index contributed by atoms with van der Waals surface area (Å²) in [6, 6.07) is 5.87. The van der Waals surface area contributed by atoms with E-state index in [9.17, 15) is 0 Å². The van der Waals surface area contributed by atoms with Gasteiger partial charge in [0.25, 0.3) is 0 Å². The highest BCUT2D eigenvalue weighted by molar-refractivity contribution is 5.03. The molecule has 0 aliphatic rings. The average molecular weight is 205 g/mol. The number of rotatable bonds is 6. The minimum atomic E-state index is 0.511. The maximum atomic E-state index is 8.17. The van der Waals surface area contributed by atoms with Gasteiger partial charge in [-0.3, -0.25) is 9.88 Å². The van der Waals surface area contributed by atoms with E-state index in [1.165, 1.54) is 0 Å². The maximum Gasteiger partial charge on any atom is 0.0543 e. The molecule has 0 saturated heterocycles. The van der Waals surface area contributed by atoms with Crippen LogP contribution in [0.2, 0.25) is 0 Å². The van der Waals surface area contributed by atoms with Crippen LogP contribution in [0.4, 0.5) is 0 Å². The van der Waals surface area contributed by atoms with E-state index >= 15 is 0 Å². The Hall–Kier alpha value is -1.58. The number of azide groups is 1. The number of hydrogen-bond donors (Lipinski definition) is 0. The van der Waals surface area contributed by atoms with Crippen LogP contribution in [0.15, 0.2) is 29.5 Å². The molecule has 0 unspecified atom stereocenters. The van der Waals surface area contributed by atoms with Gasteiger partial charge in [0.2, 0.25) is 0 Å². The van der Waals surface area contributed by atoms with E-state index in [0.717, 1.165) is 25.3 Å². The molecule has 0 N–H and O–H groups in total. The quantitative estimate of drug-likeness (QED) is 0.406. The summed E-state index contributed by atoms with van der Waals surface area (Å²) < 4.78 is 0. The standard InChI is InChI=1S/C10H15N5/c1-2-15(8-7-13-14-11)9-10-5-3-4-6-12-10/h3-6H,2,7-9H2,1H3. The largest absolute Gasteiger partial charge is 0.298 e. The Balaban J connectivity index is 2.43. The lowest BCUT2D eigenvalue weighted by atomic mass is 10.3. The van der Waals surface area contributed by atoms with Crippen molar-refractivity contribution in [2.75, 3.05) is 19.6 Å². The fourth-order valence-electron chi connectivity index (χ4n) is 1.30. The minimum absolute atomic E-state index is 0.511. The van der Waals surface area contributed by atoms with Gasteiger partial charge in [-0.2, -0.15) is 0 Å². The van der Waals surface area contributed by atoms with Gasteiger partial charge in [-0.15, -0.1) is 0 Å². The van der Waals surface area contributed by atoms with Crippen molar-refractivity contribution < 1.29 is 0 Å². The second-order valence-corrected chi connectivity index (χ2v) is 3.14. The molecule has 1 heterocycles. The third-order valence-corrected chi connectivity index (χ3v) is 2.14. The fourth-order valence-corrected chi connectivity index (χ4v) is 1.30. The summed E-state index contributed by atoms with van der Waals surface area (Å²) in [5, 5.41) is 3.52. The monoisotopic (exact) mass is 205 g/mol. The van der Waals surface area contributed by atoms with Crippen molar-refractivity contribution in [1.82, 2.24) is 9.88 Å². The van der Waals surface area contributed by atoms with Gasteiger partial charge < -0.3 is 0 Å². The van der Waals surface area contributed by atoms with Crippen molar-refractivity contribution in [2.24, 2.45) is 5.11 Å². The molecule has 15 heavy (non-hydrogen) atoms. The molecule has 80 valence electrons. The Labute approximate surface area is 89.4 Å². The van der Waals surface area contributed by atoms with Crippen molar-refractivity contribution in [3.63, 3.8) is 0 Å². The van der Waals surface area contributed by atoms with Crippen molar-refractivity contribution in [2.45, 2.75) is 13.5 Å². The summed E-state index contributed by atoms with van der Waals surface area (Å²) in [5.74, 6) is 0. The molecule has 0 radical (unpaired) electrons. The van der Waals surface area contributed by atoms with Crippen molar-refractivity contribution in [1.29, 1.82) is 0 Å². The lowest BCUT2D eigenvalue weighted by Crippen LogP contribution is -2.25. The highest BCUT2D eigenvalue weighted by Crippen LogP contribution is 2.00. The minimum Gasteiger partial charge on any atom is -0.298 e. The van der Waals surface area contributed by atoms with Crippen LogP contribution in [0.5, 0.6) is 0 Å². The first-order valence-corrected chi connectivity index (χ1v) is 5.00. The van der Waals surface area contributed by atoms with E-state index in [0.29, 0.717) is 6.54 Å². The molecule has 0 amide bonds. The zero-order chi connectivity index (χ0) is 10.9. The van der Waals surface area contributed by atoms with Gasteiger partial charge in [0, 0.05) is 30.7 Å². The van der Waals surface area contributed by atoms with Gasteiger partial charge in [0.05, 0.1) is 5.69 Å². The molecule has 0 aliphatic carbocycles. The number of nitrogens with zero attached hydrogens (tertiary/aromatic N) is 5. The topological polar surface area (TPSA) is 64.9 Å². The van der Waals surface area contributed by atoms with E-state index in [1.807, 2.05) is 18.2 Å². The van der Waals surface area contributed by atoms with Crippen LogP contribution in [0, 0.1) is 0 Å². The van der Waals surface area contributed by atoms with Crippen LogP contribution in [-0.4, -0.2) is 29.5 Å². The number of pyridine rings is 1. The lowest BCUT2D eigenvalue weighted by molar-refractivity contribution is 0.284. The molecule has 5 nitrogen and oxygen atoms in total. The zero-order valence-corrected chi connectivity index (χ0v) is 8.87. The Morgan fingerprint density at radius 2 is 2.40 bits per heavy atom. The molecule has 0 saturated carbocycles. The van der Waals surface area contributed by atoms with Gasteiger partial charge in [0.1, 0.15) is 0 Å². The van der Waals surface area contributed by atoms with E-state index in [1.54, 1.807) is 6.20 Å².